The van der Waals surface area contributed by atoms with Crippen molar-refractivity contribution in [3.05, 3.63) is 18.2 Å². The van der Waals surface area contributed by atoms with Gasteiger partial charge in [0, 0.05) is 24.7 Å². The van der Waals surface area contributed by atoms with Crippen LogP contribution in [-0.2, 0) is 19.4 Å². The van der Waals surface area contributed by atoms with E-state index < -0.39 is 15.8 Å². The molecule has 0 radical (unpaired) electrons. The molecule has 1 unspecified atom stereocenters. The lowest BCUT2D eigenvalue weighted by Gasteiger charge is -2.20. The van der Waals surface area contributed by atoms with Crippen molar-refractivity contribution in [1.29, 1.82) is 0 Å². The summed E-state index contributed by atoms with van der Waals surface area (Å²) < 4.78 is 28.3. The van der Waals surface area contributed by atoms with E-state index >= 15 is 0 Å². The van der Waals surface area contributed by atoms with Crippen LogP contribution in [0, 0.1) is 5.92 Å². The third-order valence-corrected chi connectivity index (χ3v) is 6.18. The molecule has 24 heavy (non-hydrogen) atoms. The summed E-state index contributed by atoms with van der Waals surface area (Å²) in [7, 11) is -1.59. The van der Waals surface area contributed by atoms with Gasteiger partial charge < -0.3 is 15.0 Å². The first-order valence-corrected chi connectivity index (χ1v) is 9.71. The summed E-state index contributed by atoms with van der Waals surface area (Å²) in [5.41, 5.74) is 1.21. The van der Waals surface area contributed by atoms with E-state index in [0.717, 1.165) is 6.42 Å². The lowest BCUT2D eigenvalue weighted by atomic mass is 10.1. The molecule has 1 atom stereocenters. The van der Waals surface area contributed by atoms with Crippen molar-refractivity contribution in [2.24, 2.45) is 5.92 Å². The van der Waals surface area contributed by atoms with E-state index in [1.807, 2.05) is 0 Å². The minimum atomic E-state index is -3.10. The van der Waals surface area contributed by atoms with E-state index in [4.69, 9.17) is 4.74 Å². The van der Waals surface area contributed by atoms with Gasteiger partial charge in [-0.2, -0.15) is 0 Å². The van der Waals surface area contributed by atoms with E-state index in [1.165, 1.54) is 7.11 Å². The zero-order chi connectivity index (χ0) is 17.3. The van der Waals surface area contributed by atoms with E-state index in [0.29, 0.717) is 36.5 Å². The van der Waals surface area contributed by atoms with Crippen LogP contribution in [0.15, 0.2) is 18.2 Å². The second-order valence-corrected chi connectivity index (χ2v) is 8.35. The highest BCUT2D eigenvalue weighted by Gasteiger charge is 2.33. The number of carbonyl (C=O) groups is 2. The normalized spacial score (nSPS) is 22.6. The van der Waals surface area contributed by atoms with Gasteiger partial charge in [-0.3, -0.25) is 9.59 Å². The maximum absolute atomic E-state index is 12.2. The van der Waals surface area contributed by atoms with Crippen molar-refractivity contribution in [3.63, 3.8) is 0 Å². The average molecular weight is 352 g/mol. The Balaban J connectivity index is 1.75. The molecule has 1 N–H and O–H groups in total. The molecular weight excluding hydrogens is 332 g/mol. The SMILES string of the molecule is COc1cc(NC(=O)C2CCS(=O)(=O)C2)ccc1N1CCCC1=O. The van der Waals surface area contributed by atoms with Gasteiger partial charge in [0.1, 0.15) is 5.75 Å². The highest BCUT2D eigenvalue weighted by atomic mass is 32.2. The number of amides is 2. The first-order chi connectivity index (χ1) is 11.4. The molecule has 2 fully saturated rings. The fourth-order valence-electron chi connectivity index (χ4n) is 3.13. The average Bonchev–Trinajstić information content (AvgIpc) is 3.12. The second kappa shape index (κ2) is 6.43. The predicted octanol–water partition coefficient (Wildman–Crippen LogP) is 1.20. The van der Waals surface area contributed by atoms with Crippen molar-refractivity contribution >= 4 is 33.0 Å². The smallest absolute Gasteiger partial charge is 0.228 e. The molecule has 3 rings (SSSR count). The quantitative estimate of drug-likeness (QED) is 0.879. The van der Waals surface area contributed by atoms with Crippen LogP contribution < -0.4 is 15.0 Å². The highest BCUT2D eigenvalue weighted by molar-refractivity contribution is 7.91. The molecule has 8 heteroatoms. The maximum atomic E-state index is 12.2. The summed E-state index contributed by atoms with van der Waals surface area (Å²) >= 11 is 0. The molecule has 2 saturated heterocycles. The van der Waals surface area contributed by atoms with Gasteiger partial charge >= 0.3 is 0 Å². The van der Waals surface area contributed by atoms with Gasteiger partial charge in [-0.05, 0) is 25.0 Å². The van der Waals surface area contributed by atoms with Crippen molar-refractivity contribution in [1.82, 2.24) is 0 Å². The molecule has 2 aliphatic rings. The number of ether oxygens (including phenoxy) is 1. The Kier molecular flexibility index (Phi) is 4.49. The number of nitrogens with zero attached hydrogens (tertiary/aromatic N) is 1. The Morgan fingerprint density at radius 2 is 2.17 bits per heavy atom. The Labute approximate surface area is 140 Å². The molecule has 0 aromatic heterocycles. The number of sulfone groups is 1. The Hall–Kier alpha value is -2.09. The molecule has 130 valence electrons. The maximum Gasteiger partial charge on any atom is 0.228 e. The van der Waals surface area contributed by atoms with Crippen LogP contribution in [0.4, 0.5) is 11.4 Å². The zero-order valence-electron chi connectivity index (χ0n) is 13.4. The van der Waals surface area contributed by atoms with Crippen molar-refractivity contribution in [2.75, 3.05) is 35.4 Å². The van der Waals surface area contributed by atoms with E-state index in [1.54, 1.807) is 23.1 Å². The van der Waals surface area contributed by atoms with Crippen molar-refractivity contribution < 1.29 is 22.7 Å². The van der Waals surface area contributed by atoms with Gasteiger partial charge in [0.25, 0.3) is 0 Å². The van der Waals surface area contributed by atoms with Gasteiger partial charge in [0.2, 0.25) is 11.8 Å². The Morgan fingerprint density at radius 1 is 1.38 bits per heavy atom. The van der Waals surface area contributed by atoms with E-state index in [2.05, 4.69) is 5.32 Å². The minimum Gasteiger partial charge on any atom is -0.494 e. The van der Waals surface area contributed by atoms with Gasteiger partial charge in [-0.1, -0.05) is 0 Å². The van der Waals surface area contributed by atoms with Gasteiger partial charge in [-0.25, -0.2) is 8.42 Å². The summed E-state index contributed by atoms with van der Waals surface area (Å²) in [5, 5.41) is 2.74. The minimum absolute atomic E-state index is 0.0567. The summed E-state index contributed by atoms with van der Waals surface area (Å²) in [5.74, 6) is -0.298. The second-order valence-electron chi connectivity index (χ2n) is 6.12. The number of carbonyl (C=O) groups excluding carboxylic acids is 2. The van der Waals surface area contributed by atoms with Crippen LogP contribution in [0.2, 0.25) is 0 Å². The standard InChI is InChI=1S/C16H20N2O5S/c1-23-14-9-12(4-5-13(14)18-7-2-3-15(18)19)17-16(20)11-6-8-24(21,22)10-11/h4-5,9,11H,2-3,6-8,10H2,1H3,(H,17,20). The van der Waals surface area contributed by atoms with Crippen LogP contribution >= 0.6 is 0 Å². The van der Waals surface area contributed by atoms with Crippen LogP contribution in [0.25, 0.3) is 0 Å². The lowest BCUT2D eigenvalue weighted by molar-refractivity contribution is -0.119. The third-order valence-electron chi connectivity index (χ3n) is 4.41. The fraction of sp³-hybridized carbons (Fsp3) is 0.500. The molecule has 0 aliphatic carbocycles. The number of hydrogen-bond acceptors (Lipinski definition) is 5. The number of methoxy groups -OCH3 is 1. The molecule has 0 saturated carbocycles. The summed E-state index contributed by atoms with van der Waals surface area (Å²) in [6.07, 6.45) is 1.69. The Bertz CT molecular complexity index is 775. The molecule has 1 aromatic rings. The summed E-state index contributed by atoms with van der Waals surface area (Å²) in [6, 6.07) is 5.09. The molecule has 2 aliphatic heterocycles. The van der Waals surface area contributed by atoms with Crippen molar-refractivity contribution in [2.45, 2.75) is 19.3 Å². The largest absolute Gasteiger partial charge is 0.494 e. The van der Waals surface area contributed by atoms with Crippen LogP contribution in [0.1, 0.15) is 19.3 Å². The molecule has 2 amide bonds. The monoisotopic (exact) mass is 352 g/mol. The van der Waals surface area contributed by atoms with Crippen LogP contribution in [-0.4, -0.2) is 45.4 Å². The van der Waals surface area contributed by atoms with E-state index in [9.17, 15) is 18.0 Å². The zero-order valence-corrected chi connectivity index (χ0v) is 14.3. The molecule has 1 aromatic carbocycles. The van der Waals surface area contributed by atoms with Gasteiger partial charge in [0.05, 0.1) is 30.2 Å². The third kappa shape index (κ3) is 3.38. The number of benzene rings is 1. The van der Waals surface area contributed by atoms with Crippen LogP contribution in [0.3, 0.4) is 0 Å². The van der Waals surface area contributed by atoms with Gasteiger partial charge in [0.15, 0.2) is 9.84 Å². The van der Waals surface area contributed by atoms with E-state index in [-0.39, 0.29) is 23.3 Å². The van der Waals surface area contributed by atoms with Crippen LogP contribution in [0.5, 0.6) is 5.75 Å². The number of anilines is 2. The summed E-state index contributed by atoms with van der Waals surface area (Å²) in [4.78, 5) is 25.8. The molecule has 0 bridgehead atoms. The fourth-order valence-corrected chi connectivity index (χ4v) is 4.87. The first kappa shape index (κ1) is 16.8. The number of hydrogen-bond donors (Lipinski definition) is 1. The first-order valence-electron chi connectivity index (χ1n) is 7.89. The lowest BCUT2D eigenvalue weighted by Crippen LogP contribution is -2.25. The van der Waals surface area contributed by atoms with Crippen molar-refractivity contribution in [3.8, 4) is 5.75 Å². The Morgan fingerprint density at radius 3 is 2.75 bits per heavy atom. The van der Waals surface area contributed by atoms with Gasteiger partial charge in [-0.15, -0.1) is 0 Å². The topological polar surface area (TPSA) is 92.8 Å². The molecule has 2 heterocycles. The number of rotatable bonds is 4. The molecule has 7 nitrogen and oxygen atoms in total. The summed E-state index contributed by atoms with van der Waals surface area (Å²) in [6.45, 7) is 0.654. The molecule has 0 spiro atoms. The predicted molar refractivity (Wildman–Crippen MR) is 90.0 cm³/mol. The molecular formula is C16H20N2O5S. The highest BCUT2D eigenvalue weighted by Crippen LogP contribution is 2.34. The number of nitrogens with one attached hydrogen (secondary N) is 1.